The SMILES string of the molecule is C/C(CO)=C(/Cl)Cc1cccc(OCc2ccccc2)c1. The Balaban J connectivity index is 2.01. The number of hydrogen-bond donors (Lipinski definition) is 1. The molecule has 0 spiro atoms. The number of ether oxygens (including phenoxy) is 1. The summed E-state index contributed by atoms with van der Waals surface area (Å²) >= 11 is 6.17. The Morgan fingerprint density at radius 2 is 1.76 bits per heavy atom. The molecule has 110 valence electrons. The summed E-state index contributed by atoms with van der Waals surface area (Å²) in [7, 11) is 0. The van der Waals surface area contributed by atoms with Gasteiger partial charge >= 0.3 is 0 Å². The summed E-state index contributed by atoms with van der Waals surface area (Å²) in [6, 6.07) is 17.9. The quantitative estimate of drug-likeness (QED) is 0.861. The Hall–Kier alpha value is -1.77. The minimum absolute atomic E-state index is 0.0109. The van der Waals surface area contributed by atoms with Crippen LogP contribution in [0.15, 0.2) is 65.2 Å². The van der Waals surface area contributed by atoms with E-state index in [4.69, 9.17) is 21.4 Å². The largest absolute Gasteiger partial charge is 0.489 e. The Bertz CT molecular complexity index is 606. The zero-order valence-corrected chi connectivity index (χ0v) is 12.8. The van der Waals surface area contributed by atoms with Crippen molar-refractivity contribution >= 4 is 11.6 Å². The fourth-order valence-corrected chi connectivity index (χ4v) is 2.12. The van der Waals surface area contributed by atoms with Crippen LogP contribution >= 0.6 is 11.6 Å². The molecule has 0 unspecified atom stereocenters. The van der Waals surface area contributed by atoms with Gasteiger partial charge in [-0.3, -0.25) is 0 Å². The Labute approximate surface area is 130 Å². The molecule has 0 bridgehead atoms. The van der Waals surface area contributed by atoms with Crippen molar-refractivity contribution in [3.05, 3.63) is 76.3 Å². The lowest BCUT2D eigenvalue weighted by molar-refractivity contribution is 0.306. The molecule has 0 aliphatic rings. The zero-order valence-electron chi connectivity index (χ0n) is 12.1. The number of allylic oxidation sites excluding steroid dienone is 1. The lowest BCUT2D eigenvalue weighted by Gasteiger charge is -2.09. The third kappa shape index (κ3) is 4.92. The third-order valence-electron chi connectivity index (χ3n) is 3.21. The van der Waals surface area contributed by atoms with Crippen LogP contribution in [0, 0.1) is 0 Å². The molecule has 0 aliphatic carbocycles. The van der Waals surface area contributed by atoms with E-state index in [0.717, 1.165) is 22.4 Å². The van der Waals surface area contributed by atoms with Crippen molar-refractivity contribution in [1.29, 1.82) is 0 Å². The van der Waals surface area contributed by atoms with Crippen LogP contribution in [0.2, 0.25) is 0 Å². The standard InChI is InChI=1S/C18H19ClO2/c1-14(12-20)18(19)11-16-8-5-9-17(10-16)21-13-15-6-3-2-4-7-15/h2-10,20H,11-13H2,1H3/b18-14-. The fourth-order valence-electron chi connectivity index (χ4n) is 1.90. The van der Waals surface area contributed by atoms with Crippen LogP contribution < -0.4 is 4.74 Å². The lowest BCUT2D eigenvalue weighted by atomic mass is 10.1. The number of rotatable bonds is 6. The van der Waals surface area contributed by atoms with Gasteiger partial charge in [0.05, 0.1) is 6.61 Å². The first kappa shape index (κ1) is 15.6. The van der Waals surface area contributed by atoms with Gasteiger partial charge in [-0.1, -0.05) is 54.1 Å². The van der Waals surface area contributed by atoms with Crippen molar-refractivity contribution in [2.45, 2.75) is 20.0 Å². The van der Waals surface area contributed by atoms with Crippen LogP contribution in [0.4, 0.5) is 0 Å². The highest BCUT2D eigenvalue weighted by atomic mass is 35.5. The first-order valence-corrected chi connectivity index (χ1v) is 7.27. The van der Waals surface area contributed by atoms with Gasteiger partial charge < -0.3 is 9.84 Å². The topological polar surface area (TPSA) is 29.5 Å². The van der Waals surface area contributed by atoms with Gasteiger partial charge in [0.25, 0.3) is 0 Å². The number of halogens is 1. The van der Waals surface area contributed by atoms with Gasteiger partial charge in [-0.25, -0.2) is 0 Å². The van der Waals surface area contributed by atoms with E-state index in [9.17, 15) is 0 Å². The normalized spacial score (nSPS) is 12.0. The highest BCUT2D eigenvalue weighted by Crippen LogP contribution is 2.20. The number of benzene rings is 2. The predicted octanol–water partition coefficient (Wildman–Crippen LogP) is 4.31. The highest BCUT2D eigenvalue weighted by Gasteiger charge is 2.03. The molecule has 2 rings (SSSR count). The lowest BCUT2D eigenvalue weighted by Crippen LogP contribution is -1.97. The van der Waals surface area contributed by atoms with E-state index >= 15 is 0 Å². The van der Waals surface area contributed by atoms with E-state index in [1.807, 2.05) is 61.5 Å². The molecule has 2 aromatic carbocycles. The molecule has 0 atom stereocenters. The van der Waals surface area contributed by atoms with Crippen LogP contribution in [0.1, 0.15) is 18.1 Å². The first-order valence-electron chi connectivity index (χ1n) is 6.89. The molecule has 0 radical (unpaired) electrons. The van der Waals surface area contributed by atoms with E-state index in [0.29, 0.717) is 18.1 Å². The summed E-state index contributed by atoms with van der Waals surface area (Å²) in [6.07, 6.45) is 0.608. The molecule has 0 saturated carbocycles. The molecule has 0 aromatic heterocycles. The second-order valence-electron chi connectivity index (χ2n) is 4.94. The van der Waals surface area contributed by atoms with E-state index in [2.05, 4.69) is 0 Å². The van der Waals surface area contributed by atoms with Gasteiger partial charge in [-0.2, -0.15) is 0 Å². The van der Waals surface area contributed by atoms with Crippen LogP contribution in [-0.2, 0) is 13.0 Å². The maximum atomic E-state index is 9.08. The summed E-state index contributed by atoms with van der Waals surface area (Å²) < 4.78 is 5.79. The minimum atomic E-state index is -0.0109. The van der Waals surface area contributed by atoms with E-state index in [-0.39, 0.29) is 6.61 Å². The molecule has 3 heteroatoms. The third-order valence-corrected chi connectivity index (χ3v) is 3.66. The molecule has 2 nitrogen and oxygen atoms in total. The van der Waals surface area contributed by atoms with Crippen LogP contribution in [-0.4, -0.2) is 11.7 Å². The van der Waals surface area contributed by atoms with Gasteiger partial charge in [0.2, 0.25) is 0 Å². The molecular weight excluding hydrogens is 284 g/mol. The zero-order chi connectivity index (χ0) is 15.1. The monoisotopic (exact) mass is 302 g/mol. The van der Waals surface area contributed by atoms with Crippen molar-refractivity contribution in [2.75, 3.05) is 6.61 Å². The Kier molecular flexibility index (Phi) is 5.85. The van der Waals surface area contributed by atoms with Crippen molar-refractivity contribution in [3.8, 4) is 5.75 Å². The molecule has 21 heavy (non-hydrogen) atoms. The molecule has 0 aliphatic heterocycles. The molecule has 0 amide bonds. The average Bonchev–Trinajstić information content (AvgIpc) is 2.53. The minimum Gasteiger partial charge on any atom is -0.489 e. The van der Waals surface area contributed by atoms with Crippen molar-refractivity contribution < 1.29 is 9.84 Å². The molecule has 0 fully saturated rings. The molecular formula is C18H19ClO2. The second-order valence-corrected chi connectivity index (χ2v) is 5.40. The van der Waals surface area contributed by atoms with Crippen molar-refractivity contribution in [2.24, 2.45) is 0 Å². The smallest absolute Gasteiger partial charge is 0.120 e. The summed E-state index contributed by atoms with van der Waals surface area (Å²) in [5, 5.41) is 9.76. The average molecular weight is 303 g/mol. The molecule has 2 aromatic rings. The van der Waals surface area contributed by atoms with Gasteiger partial charge in [-0.05, 0) is 35.8 Å². The highest BCUT2D eigenvalue weighted by molar-refractivity contribution is 6.30. The van der Waals surface area contributed by atoms with Gasteiger partial charge in [0, 0.05) is 11.5 Å². The molecule has 0 heterocycles. The van der Waals surface area contributed by atoms with Crippen molar-refractivity contribution in [1.82, 2.24) is 0 Å². The summed E-state index contributed by atoms with van der Waals surface area (Å²) in [6.45, 7) is 2.37. The van der Waals surface area contributed by atoms with Gasteiger partial charge in [-0.15, -0.1) is 0 Å². The summed E-state index contributed by atoms with van der Waals surface area (Å²) in [5.41, 5.74) is 3.00. The van der Waals surface area contributed by atoms with E-state index in [1.54, 1.807) is 0 Å². The van der Waals surface area contributed by atoms with Gasteiger partial charge in [0.1, 0.15) is 12.4 Å². The number of hydrogen-bond acceptors (Lipinski definition) is 2. The van der Waals surface area contributed by atoms with Crippen LogP contribution in [0.25, 0.3) is 0 Å². The molecule has 0 saturated heterocycles. The summed E-state index contributed by atoms with van der Waals surface area (Å²) in [5.74, 6) is 0.822. The van der Waals surface area contributed by atoms with E-state index in [1.165, 1.54) is 0 Å². The Morgan fingerprint density at radius 1 is 1.05 bits per heavy atom. The van der Waals surface area contributed by atoms with Crippen LogP contribution in [0.5, 0.6) is 5.75 Å². The van der Waals surface area contributed by atoms with E-state index < -0.39 is 0 Å². The maximum Gasteiger partial charge on any atom is 0.120 e. The maximum absolute atomic E-state index is 9.08. The van der Waals surface area contributed by atoms with Crippen LogP contribution in [0.3, 0.4) is 0 Å². The molecule has 1 N–H and O–H groups in total. The number of aliphatic hydroxyl groups excluding tert-OH is 1. The number of aliphatic hydroxyl groups is 1. The summed E-state index contributed by atoms with van der Waals surface area (Å²) in [4.78, 5) is 0. The fraction of sp³-hybridized carbons (Fsp3) is 0.222. The van der Waals surface area contributed by atoms with Crippen molar-refractivity contribution in [3.63, 3.8) is 0 Å². The first-order chi connectivity index (χ1) is 10.2. The van der Waals surface area contributed by atoms with Gasteiger partial charge in [0.15, 0.2) is 0 Å². The second kappa shape index (κ2) is 7.87. The Morgan fingerprint density at radius 3 is 2.48 bits per heavy atom. The predicted molar refractivity (Wildman–Crippen MR) is 86.6 cm³/mol.